The van der Waals surface area contributed by atoms with E-state index in [0.717, 1.165) is 19.3 Å². The number of rotatable bonds is 15. The Morgan fingerprint density at radius 3 is 2.17 bits per heavy atom. The van der Waals surface area contributed by atoms with Crippen LogP contribution in [0.15, 0.2) is 18.6 Å². The van der Waals surface area contributed by atoms with Crippen molar-refractivity contribution in [1.82, 2.24) is 36.1 Å². The lowest BCUT2D eigenvalue weighted by atomic mass is 9.92. The van der Waals surface area contributed by atoms with Crippen molar-refractivity contribution in [3.8, 4) is 0 Å². The van der Waals surface area contributed by atoms with Gasteiger partial charge in [-0.1, -0.05) is 54.4 Å². The van der Waals surface area contributed by atoms with Gasteiger partial charge in [-0.25, -0.2) is 4.98 Å². The molecule has 3 rings (SSSR count). The Labute approximate surface area is 271 Å². The molecule has 2 aliphatic rings. The lowest BCUT2D eigenvalue weighted by molar-refractivity contribution is -0.145. The molecule has 0 unspecified atom stereocenters. The first-order valence-corrected chi connectivity index (χ1v) is 16.6. The van der Waals surface area contributed by atoms with Gasteiger partial charge in [-0.05, 0) is 56.3 Å². The summed E-state index contributed by atoms with van der Waals surface area (Å²) in [6.45, 7) is 13.1. The van der Waals surface area contributed by atoms with Crippen molar-refractivity contribution in [2.45, 2.75) is 117 Å². The second-order valence-electron chi connectivity index (χ2n) is 13.3. The Hall–Kier alpha value is -3.90. The van der Waals surface area contributed by atoms with Crippen molar-refractivity contribution in [1.29, 1.82) is 0 Å². The minimum atomic E-state index is -1.01. The molecule has 1 aliphatic carbocycles. The van der Waals surface area contributed by atoms with Gasteiger partial charge in [0.05, 0.1) is 12.2 Å². The number of ketones is 1. The van der Waals surface area contributed by atoms with E-state index in [1.54, 1.807) is 25.7 Å². The summed E-state index contributed by atoms with van der Waals surface area (Å²) in [4.78, 5) is 89.7. The molecule has 46 heavy (non-hydrogen) atoms. The molecule has 1 aliphatic heterocycles. The molecule has 13 heteroatoms. The van der Waals surface area contributed by atoms with E-state index in [2.05, 4.69) is 31.2 Å². The number of fused-ring (bicyclic) bond motifs is 1. The number of amides is 5. The number of carbonyl (C=O) groups excluding carboxylic acids is 6. The van der Waals surface area contributed by atoms with Crippen LogP contribution in [0.5, 0.6) is 0 Å². The van der Waals surface area contributed by atoms with Crippen LogP contribution in [0.2, 0.25) is 0 Å². The van der Waals surface area contributed by atoms with Crippen LogP contribution in [0.3, 0.4) is 0 Å². The molecule has 0 bridgehead atoms. The van der Waals surface area contributed by atoms with Crippen molar-refractivity contribution in [3.63, 3.8) is 0 Å². The number of nitrogens with zero attached hydrogens (tertiary/aromatic N) is 3. The number of likely N-dealkylation sites (tertiary alicyclic amines) is 1. The number of hydrogen-bond acceptors (Lipinski definition) is 8. The van der Waals surface area contributed by atoms with Gasteiger partial charge >= 0.3 is 0 Å². The maximum Gasteiger partial charge on any atom is 0.289 e. The Balaban J connectivity index is 1.80. The second-order valence-corrected chi connectivity index (χ2v) is 13.3. The lowest BCUT2D eigenvalue weighted by Crippen LogP contribution is -2.60. The van der Waals surface area contributed by atoms with E-state index in [1.165, 1.54) is 18.6 Å². The molecule has 5 amide bonds. The summed E-state index contributed by atoms with van der Waals surface area (Å²) < 4.78 is 0. The van der Waals surface area contributed by atoms with Crippen LogP contribution >= 0.6 is 0 Å². The van der Waals surface area contributed by atoms with E-state index >= 15 is 0 Å². The predicted molar refractivity (Wildman–Crippen MR) is 171 cm³/mol. The van der Waals surface area contributed by atoms with Gasteiger partial charge in [0.2, 0.25) is 23.5 Å². The van der Waals surface area contributed by atoms with E-state index in [0.29, 0.717) is 19.4 Å². The molecule has 254 valence electrons. The van der Waals surface area contributed by atoms with Gasteiger partial charge in [-0.15, -0.1) is 0 Å². The number of aromatic nitrogens is 2. The highest BCUT2D eigenvalue weighted by Crippen LogP contribution is 2.42. The molecule has 1 aromatic heterocycles. The van der Waals surface area contributed by atoms with E-state index in [9.17, 15) is 28.8 Å². The summed E-state index contributed by atoms with van der Waals surface area (Å²) >= 11 is 0. The SMILES string of the molecule is CCC[C@@H](NC(=O)[C@@H]1[C@H]2CCC[C@H]2CN1C(=O)[C@@H](NC(=O)[C@@H](NC(=O)c1cnccn1)C(C)C)C(C)C)C(=O)C(=O)N[C@@H](C)CC. The first kappa shape index (κ1) is 36.6. The predicted octanol–water partition coefficient (Wildman–Crippen LogP) is 1.77. The molecule has 13 nitrogen and oxygen atoms in total. The molecule has 1 aromatic rings. The van der Waals surface area contributed by atoms with Crippen LogP contribution in [-0.2, 0) is 24.0 Å². The molecule has 1 saturated heterocycles. The number of Topliss-reactive ketones (excluding diaryl/α,β-unsaturated/α-hetero) is 1. The van der Waals surface area contributed by atoms with Crippen LogP contribution < -0.4 is 21.3 Å². The van der Waals surface area contributed by atoms with E-state index in [-0.39, 0.29) is 41.8 Å². The zero-order chi connectivity index (χ0) is 34.1. The summed E-state index contributed by atoms with van der Waals surface area (Å²) in [6, 6.07) is -3.95. The molecular weight excluding hydrogens is 590 g/mol. The Morgan fingerprint density at radius 1 is 0.891 bits per heavy atom. The molecule has 0 spiro atoms. The second kappa shape index (κ2) is 16.6. The summed E-state index contributed by atoms with van der Waals surface area (Å²) in [6.07, 6.45) is 8.20. The lowest BCUT2D eigenvalue weighted by Gasteiger charge is -2.34. The van der Waals surface area contributed by atoms with Crippen LogP contribution in [0.1, 0.15) is 97.5 Å². The fraction of sp³-hybridized carbons (Fsp3) is 0.697. The normalized spacial score (nSPS) is 21.6. The minimum Gasteiger partial charge on any atom is -0.347 e. The fourth-order valence-electron chi connectivity index (χ4n) is 6.34. The minimum absolute atomic E-state index is 0.0621. The summed E-state index contributed by atoms with van der Waals surface area (Å²) in [5, 5.41) is 11.1. The average Bonchev–Trinajstić information content (AvgIpc) is 3.63. The van der Waals surface area contributed by atoms with Crippen molar-refractivity contribution in [2.24, 2.45) is 23.7 Å². The zero-order valence-electron chi connectivity index (χ0n) is 28.2. The molecule has 1 saturated carbocycles. The quantitative estimate of drug-likeness (QED) is 0.209. The van der Waals surface area contributed by atoms with Gasteiger partial charge in [0.25, 0.3) is 11.8 Å². The zero-order valence-corrected chi connectivity index (χ0v) is 28.2. The average molecular weight is 642 g/mol. The van der Waals surface area contributed by atoms with E-state index in [4.69, 9.17) is 0 Å². The first-order chi connectivity index (χ1) is 21.8. The smallest absolute Gasteiger partial charge is 0.289 e. The van der Waals surface area contributed by atoms with Crippen molar-refractivity contribution >= 4 is 35.3 Å². The third kappa shape index (κ3) is 8.88. The monoisotopic (exact) mass is 641 g/mol. The maximum absolute atomic E-state index is 14.2. The standard InChI is InChI=1S/C33H51N7O6/c1-8-11-23(28(41)32(45)36-20(7)9-2)37-31(44)27-22-13-10-12-21(22)17-40(27)33(46)26(19(5)6)39-30(43)25(18(3)4)38-29(42)24-16-34-14-15-35-24/h14-16,18-23,25-27H,8-13,17H2,1-7H3,(H,36,45)(H,37,44)(H,38,42)(H,39,43)/t20-,21-,22-,23+,25-,26-,27-/m0/s1. The number of nitrogens with one attached hydrogen (secondary N) is 4. The van der Waals surface area contributed by atoms with Gasteiger partial charge in [0.15, 0.2) is 0 Å². The fourth-order valence-corrected chi connectivity index (χ4v) is 6.34. The van der Waals surface area contributed by atoms with Gasteiger partial charge in [-0.2, -0.15) is 0 Å². The largest absolute Gasteiger partial charge is 0.347 e. The molecule has 2 heterocycles. The Kier molecular flexibility index (Phi) is 13.2. The third-order valence-electron chi connectivity index (χ3n) is 9.13. The summed E-state index contributed by atoms with van der Waals surface area (Å²) in [5.74, 6) is -4.00. The number of carbonyl (C=O) groups is 6. The maximum atomic E-state index is 14.2. The van der Waals surface area contributed by atoms with Crippen LogP contribution in [0.25, 0.3) is 0 Å². The van der Waals surface area contributed by atoms with Crippen molar-refractivity contribution in [3.05, 3.63) is 24.3 Å². The highest BCUT2D eigenvalue weighted by atomic mass is 16.2. The summed E-state index contributed by atoms with van der Waals surface area (Å²) in [7, 11) is 0. The first-order valence-electron chi connectivity index (χ1n) is 16.6. The van der Waals surface area contributed by atoms with Crippen molar-refractivity contribution < 1.29 is 28.8 Å². The topological polar surface area (TPSA) is 180 Å². The Bertz CT molecular complexity index is 1260. The van der Waals surface area contributed by atoms with Gasteiger partial charge in [0, 0.05) is 25.0 Å². The van der Waals surface area contributed by atoms with Crippen LogP contribution in [-0.4, -0.2) is 86.9 Å². The number of hydrogen-bond donors (Lipinski definition) is 4. The molecule has 7 atom stereocenters. The molecule has 4 N–H and O–H groups in total. The Morgan fingerprint density at radius 2 is 1.59 bits per heavy atom. The molecule has 0 aromatic carbocycles. The van der Waals surface area contributed by atoms with Gasteiger partial charge in [0.1, 0.15) is 23.8 Å². The van der Waals surface area contributed by atoms with Gasteiger partial charge < -0.3 is 26.2 Å². The van der Waals surface area contributed by atoms with Crippen LogP contribution in [0, 0.1) is 23.7 Å². The molecular formula is C33H51N7O6. The molecule has 2 fully saturated rings. The molecule has 0 radical (unpaired) electrons. The third-order valence-corrected chi connectivity index (χ3v) is 9.13. The van der Waals surface area contributed by atoms with Crippen molar-refractivity contribution in [2.75, 3.05) is 6.54 Å². The highest BCUT2D eigenvalue weighted by Gasteiger charge is 2.51. The highest BCUT2D eigenvalue weighted by molar-refractivity contribution is 6.38. The van der Waals surface area contributed by atoms with Gasteiger partial charge in [-0.3, -0.25) is 33.8 Å². The summed E-state index contributed by atoms with van der Waals surface area (Å²) in [5.41, 5.74) is 0.0621. The van der Waals surface area contributed by atoms with E-state index in [1.807, 2.05) is 27.7 Å². The van der Waals surface area contributed by atoms with Crippen LogP contribution in [0.4, 0.5) is 0 Å². The van der Waals surface area contributed by atoms with E-state index < -0.39 is 59.5 Å².